The molecule has 0 aliphatic carbocycles. The zero-order valence-electron chi connectivity index (χ0n) is 13.8. The number of hydrogen-bond donors (Lipinski definition) is 1. The van der Waals surface area contributed by atoms with E-state index >= 15 is 0 Å². The molecule has 2 rings (SSSR count). The first kappa shape index (κ1) is 17.0. The molecular formula is C18H27NO3. The second kappa shape index (κ2) is 7.75. The smallest absolute Gasteiger partial charge is 0.303 e. The number of ether oxygens (including phenoxy) is 1. The molecule has 1 aliphatic heterocycles. The average Bonchev–Trinajstić information content (AvgIpc) is 2.47. The highest BCUT2D eigenvalue weighted by molar-refractivity contribution is 5.66. The average molecular weight is 305 g/mol. The maximum absolute atomic E-state index is 10.6. The third-order valence-electron chi connectivity index (χ3n) is 4.43. The van der Waals surface area contributed by atoms with Gasteiger partial charge in [0.2, 0.25) is 0 Å². The summed E-state index contributed by atoms with van der Waals surface area (Å²) in [5, 5.41) is 8.72. The molecule has 0 bridgehead atoms. The fourth-order valence-electron chi connectivity index (χ4n) is 3.00. The predicted octanol–water partition coefficient (Wildman–Crippen LogP) is 3.32. The fourth-order valence-corrected chi connectivity index (χ4v) is 3.00. The van der Waals surface area contributed by atoms with Crippen LogP contribution in [-0.4, -0.2) is 41.7 Å². The van der Waals surface area contributed by atoms with Gasteiger partial charge in [0.15, 0.2) is 0 Å². The number of hydrogen-bond acceptors (Lipinski definition) is 3. The van der Waals surface area contributed by atoms with Crippen LogP contribution in [0.25, 0.3) is 0 Å². The highest BCUT2D eigenvalue weighted by Gasteiger charge is 2.27. The van der Waals surface area contributed by atoms with E-state index in [-0.39, 0.29) is 12.5 Å². The Hall–Kier alpha value is -1.39. The van der Waals surface area contributed by atoms with Crippen molar-refractivity contribution in [2.45, 2.75) is 52.2 Å². The monoisotopic (exact) mass is 305 g/mol. The number of aliphatic carboxylic acids is 1. The summed E-state index contributed by atoms with van der Waals surface area (Å²) < 4.78 is 6.05. The Morgan fingerprint density at radius 3 is 2.86 bits per heavy atom. The minimum atomic E-state index is -0.705. The highest BCUT2D eigenvalue weighted by atomic mass is 16.5. The van der Waals surface area contributed by atoms with E-state index in [9.17, 15) is 4.79 Å². The molecule has 1 aliphatic rings. The highest BCUT2D eigenvalue weighted by Crippen LogP contribution is 2.28. The normalized spacial score (nSPS) is 22.7. The summed E-state index contributed by atoms with van der Waals surface area (Å²) >= 11 is 0. The van der Waals surface area contributed by atoms with Crippen LogP contribution in [0.1, 0.15) is 49.0 Å². The van der Waals surface area contributed by atoms with Crippen molar-refractivity contribution in [3.63, 3.8) is 0 Å². The maximum atomic E-state index is 10.6. The summed E-state index contributed by atoms with van der Waals surface area (Å²) in [6.45, 7) is 8.98. The van der Waals surface area contributed by atoms with Crippen LogP contribution in [0, 0.1) is 13.8 Å². The number of carbonyl (C=O) groups is 1. The van der Waals surface area contributed by atoms with Gasteiger partial charge in [0.05, 0.1) is 12.7 Å². The molecule has 1 aromatic rings. The minimum absolute atomic E-state index is 0.121. The van der Waals surface area contributed by atoms with Gasteiger partial charge in [-0.05, 0) is 51.3 Å². The lowest BCUT2D eigenvalue weighted by Crippen LogP contribution is -2.45. The Balaban J connectivity index is 1.95. The first-order chi connectivity index (χ1) is 10.5. The van der Waals surface area contributed by atoms with Crippen molar-refractivity contribution in [2.24, 2.45) is 0 Å². The van der Waals surface area contributed by atoms with E-state index in [1.54, 1.807) is 0 Å². The fraction of sp³-hybridized carbons (Fsp3) is 0.611. The second-order valence-electron chi connectivity index (χ2n) is 6.38. The Kier molecular flexibility index (Phi) is 5.98. The molecular weight excluding hydrogens is 278 g/mol. The quantitative estimate of drug-likeness (QED) is 0.819. The topological polar surface area (TPSA) is 49.8 Å². The molecule has 1 aromatic carbocycles. The van der Waals surface area contributed by atoms with E-state index in [0.717, 1.165) is 32.5 Å². The third kappa shape index (κ3) is 4.55. The van der Waals surface area contributed by atoms with E-state index < -0.39 is 5.97 Å². The zero-order valence-corrected chi connectivity index (χ0v) is 13.8. The van der Waals surface area contributed by atoms with Crippen LogP contribution in [0.5, 0.6) is 0 Å². The minimum Gasteiger partial charge on any atom is -0.481 e. The van der Waals surface area contributed by atoms with Crippen molar-refractivity contribution in [3.8, 4) is 0 Å². The van der Waals surface area contributed by atoms with Gasteiger partial charge < -0.3 is 9.84 Å². The SMILES string of the molecule is Cc1ccc(C)c(C2CN(CCCCC(=O)O)C(C)CO2)c1. The van der Waals surface area contributed by atoms with Gasteiger partial charge in [-0.1, -0.05) is 23.8 Å². The molecule has 1 saturated heterocycles. The molecule has 2 atom stereocenters. The van der Waals surface area contributed by atoms with Crippen LogP contribution >= 0.6 is 0 Å². The van der Waals surface area contributed by atoms with Crippen LogP contribution < -0.4 is 0 Å². The second-order valence-corrected chi connectivity index (χ2v) is 6.38. The van der Waals surface area contributed by atoms with Gasteiger partial charge in [-0.15, -0.1) is 0 Å². The van der Waals surface area contributed by atoms with Crippen LogP contribution in [0.3, 0.4) is 0 Å². The molecule has 122 valence electrons. The van der Waals surface area contributed by atoms with Crippen molar-refractivity contribution in [3.05, 3.63) is 34.9 Å². The molecule has 2 unspecified atom stereocenters. The lowest BCUT2D eigenvalue weighted by atomic mass is 9.98. The molecule has 4 heteroatoms. The first-order valence-corrected chi connectivity index (χ1v) is 8.12. The van der Waals surface area contributed by atoms with Crippen molar-refractivity contribution >= 4 is 5.97 Å². The predicted molar refractivity (Wildman–Crippen MR) is 87.1 cm³/mol. The summed E-state index contributed by atoms with van der Waals surface area (Å²) in [7, 11) is 0. The molecule has 1 fully saturated rings. The van der Waals surface area contributed by atoms with E-state index in [2.05, 4.69) is 43.9 Å². The van der Waals surface area contributed by atoms with Crippen molar-refractivity contribution in [1.29, 1.82) is 0 Å². The first-order valence-electron chi connectivity index (χ1n) is 8.12. The molecule has 0 saturated carbocycles. The van der Waals surface area contributed by atoms with Gasteiger partial charge in [0.1, 0.15) is 0 Å². The number of benzene rings is 1. The van der Waals surface area contributed by atoms with Gasteiger partial charge in [-0.2, -0.15) is 0 Å². The Morgan fingerprint density at radius 1 is 1.36 bits per heavy atom. The molecule has 0 aromatic heterocycles. The number of nitrogens with zero attached hydrogens (tertiary/aromatic N) is 1. The van der Waals surface area contributed by atoms with Crippen LogP contribution in [0.4, 0.5) is 0 Å². The molecule has 1 heterocycles. The number of carboxylic acids is 1. The van der Waals surface area contributed by atoms with Crippen molar-refractivity contribution in [2.75, 3.05) is 19.7 Å². The molecule has 0 amide bonds. The standard InChI is InChI=1S/C18H27NO3/c1-13-7-8-14(2)16(10-13)17-11-19(15(3)12-22-17)9-5-4-6-18(20)21/h7-8,10,15,17H,4-6,9,11-12H2,1-3H3,(H,20,21). The Morgan fingerprint density at radius 2 is 2.14 bits per heavy atom. The van der Waals surface area contributed by atoms with Crippen LogP contribution in [0.15, 0.2) is 18.2 Å². The number of unbranched alkanes of at least 4 members (excludes halogenated alkanes) is 1. The van der Waals surface area contributed by atoms with E-state index in [1.165, 1.54) is 16.7 Å². The lowest BCUT2D eigenvalue weighted by Gasteiger charge is -2.38. The van der Waals surface area contributed by atoms with Crippen molar-refractivity contribution in [1.82, 2.24) is 4.90 Å². The lowest BCUT2D eigenvalue weighted by molar-refractivity contribution is -0.137. The van der Waals surface area contributed by atoms with Crippen molar-refractivity contribution < 1.29 is 14.6 Å². The molecule has 22 heavy (non-hydrogen) atoms. The Bertz CT molecular complexity index is 515. The maximum Gasteiger partial charge on any atom is 0.303 e. The van der Waals surface area contributed by atoms with Gasteiger partial charge in [0, 0.05) is 19.0 Å². The molecule has 4 nitrogen and oxygen atoms in total. The summed E-state index contributed by atoms with van der Waals surface area (Å²) in [5.41, 5.74) is 3.81. The largest absolute Gasteiger partial charge is 0.481 e. The molecule has 0 radical (unpaired) electrons. The number of morpholine rings is 1. The third-order valence-corrected chi connectivity index (χ3v) is 4.43. The van der Waals surface area contributed by atoms with Gasteiger partial charge >= 0.3 is 5.97 Å². The van der Waals surface area contributed by atoms with E-state index in [0.29, 0.717) is 6.04 Å². The summed E-state index contributed by atoms with van der Waals surface area (Å²) in [5.74, 6) is -0.705. The zero-order chi connectivity index (χ0) is 16.1. The summed E-state index contributed by atoms with van der Waals surface area (Å²) in [4.78, 5) is 13.0. The van der Waals surface area contributed by atoms with E-state index in [1.807, 2.05) is 0 Å². The Labute approximate surface area is 133 Å². The van der Waals surface area contributed by atoms with Gasteiger partial charge in [0.25, 0.3) is 0 Å². The summed E-state index contributed by atoms with van der Waals surface area (Å²) in [6.07, 6.45) is 2.05. The summed E-state index contributed by atoms with van der Waals surface area (Å²) in [6, 6.07) is 6.90. The number of aryl methyl sites for hydroxylation is 2. The van der Waals surface area contributed by atoms with Gasteiger partial charge in [-0.25, -0.2) is 0 Å². The van der Waals surface area contributed by atoms with Gasteiger partial charge in [-0.3, -0.25) is 9.69 Å². The van der Waals surface area contributed by atoms with E-state index in [4.69, 9.17) is 9.84 Å². The number of rotatable bonds is 6. The van der Waals surface area contributed by atoms with Crippen LogP contribution in [-0.2, 0) is 9.53 Å². The van der Waals surface area contributed by atoms with Crippen LogP contribution in [0.2, 0.25) is 0 Å². The number of carboxylic acid groups (broad SMARTS) is 1. The molecule has 0 spiro atoms. The molecule has 1 N–H and O–H groups in total.